The molecule has 0 fully saturated rings. The van der Waals surface area contributed by atoms with Crippen molar-refractivity contribution in [1.29, 1.82) is 0 Å². The zero-order valence-corrected chi connectivity index (χ0v) is 14.1. The Hall–Kier alpha value is -0.200. The molecule has 0 bridgehead atoms. The summed E-state index contributed by atoms with van der Waals surface area (Å²) < 4.78 is 24.5. The number of benzene rings is 1. The van der Waals surface area contributed by atoms with Gasteiger partial charge < -0.3 is 0 Å². The summed E-state index contributed by atoms with van der Waals surface area (Å²) in [6, 6.07) is 7.28. The Labute approximate surface area is 136 Å². The van der Waals surface area contributed by atoms with E-state index in [9.17, 15) is 8.42 Å². The molecular weight excluding hydrogens is 355 g/mol. The summed E-state index contributed by atoms with van der Waals surface area (Å²) in [7, 11) is -3.09. The van der Waals surface area contributed by atoms with Gasteiger partial charge in [0.05, 0.1) is 10.8 Å². The number of hydrogen-bond donors (Lipinski definition) is 0. The molecule has 2 heterocycles. The first-order chi connectivity index (χ1) is 9.47. The fraction of sp³-hybridized carbons (Fsp3) is 0.231. The van der Waals surface area contributed by atoms with Crippen LogP contribution < -0.4 is 0 Å². The van der Waals surface area contributed by atoms with Crippen molar-refractivity contribution in [2.45, 2.75) is 20.8 Å². The molecule has 0 amide bonds. The maximum Gasteiger partial charge on any atom is 0.188 e. The minimum absolute atomic E-state index is 0.124. The Morgan fingerprint density at radius 3 is 2.80 bits per heavy atom. The number of thiophene rings is 1. The largest absolute Gasteiger partial charge is 0.223 e. The average Bonchev–Trinajstić information content (AvgIpc) is 2.86. The van der Waals surface area contributed by atoms with Crippen molar-refractivity contribution < 1.29 is 8.42 Å². The van der Waals surface area contributed by atoms with Crippen LogP contribution in [-0.4, -0.2) is 14.2 Å². The van der Waals surface area contributed by atoms with Crippen LogP contribution in [0.15, 0.2) is 38.8 Å². The van der Waals surface area contributed by atoms with E-state index in [1.54, 1.807) is 23.9 Å². The van der Waals surface area contributed by atoms with Gasteiger partial charge in [0.25, 0.3) is 0 Å². The predicted molar refractivity (Wildman–Crippen MR) is 86.0 cm³/mol. The van der Waals surface area contributed by atoms with E-state index in [4.69, 9.17) is 23.2 Å². The fourth-order valence-electron chi connectivity index (χ4n) is 2.15. The second kappa shape index (κ2) is 5.54. The summed E-state index contributed by atoms with van der Waals surface area (Å²) in [4.78, 5) is 0.928. The normalized spacial score (nSPS) is 20.6. The number of hydrogen-bond acceptors (Lipinski definition) is 4. The first kappa shape index (κ1) is 14.7. The Morgan fingerprint density at radius 1 is 1.25 bits per heavy atom. The van der Waals surface area contributed by atoms with Gasteiger partial charge >= 0.3 is 0 Å². The van der Waals surface area contributed by atoms with Crippen LogP contribution in [0.1, 0.15) is 17.2 Å². The van der Waals surface area contributed by atoms with Gasteiger partial charge in [0.15, 0.2) is 9.84 Å². The van der Waals surface area contributed by atoms with Gasteiger partial charge in [-0.3, -0.25) is 0 Å². The van der Waals surface area contributed by atoms with Crippen LogP contribution in [0.2, 0.25) is 10.0 Å². The van der Waals surface area contributed by atoms with Crippen molar-refractivity contribution in [3.63, 3.8) is 0 Å². The summed E-state index contributed by atoms with van der Waals surface area (Å²) in [5.41, 5.74) is 0.900. The zero-order valence-electron chi connectivity index (χ0n) is 10.2. The summed E-state index contributed by atoms with van der Waals surface area (Å²) in [6.45, 7) is 0. The molecule has 2 nitrogen and oxygen atoms in total. The maximum atomic E-state index is 12.0. The van der Waals surface area contributed by atoms with Crippen molar-refractivity contribution in [3.8, 4) is 0 Å². The van der Waals surface area contributed by atoms with E-state index in [-0.39, 0.29) is 11.0 Å². The lowest BCUT2D eigenvalue weighted by Gasteiger charge is -2.22. The zero-order chi connectivity index (χ0) is 14.3. The van der Waals surface area contributed by atoms with Gasteiger partial charge in [-0.05, 0) is 41.6 Å². The number of sulfone groups is 1. The molecule has 106 valence electrons. The highest BCUT2D eigenvalue weighted by molar-refractivity contribution is 8.00. The van der Waals surface area contributed by atoms with Crippen LogP contribution in [0.25, 0.3) is 0 Å². The predicted octanol–water partition coefficient (Wildman–Crippen LogP) is 5.07. The van der Waals surface area contributed by atoms with E-state index in [0.29, 0.717) is 20.7 Å². The number of halogens is 2. The molecule has 0 saturated carbocycles. The molecule has 20 heavy (non-hydrogen) atoms. The van der Waals surface area contributed by atoms with Gasteiger partial charge in [-0.25, -0.2) is 8.42 Å². The minimum Gasteiger partial charge on any atom is -0.223 e. The molecule has 0 saturated heterocycles. The fourth-order valence-corrected chi connectivity index (χ4v) is 7.17. The topological polar surface area (TPSA) is 34.1 Å². The molecule has 0 radical (unpaired) electrons. The highest BCUT2D eigenvalue weighted by Crippen LogP contribution is 2.47. The van der Waals surface area contributed by atoms with Crippen LogP contribution >= 0.6 is 46.3 Å². The van der Waals surface area contributed by atoms with E-state index in [1.807, 2.05) is 17.5 Å². The van der Waals surface area contributed by atoms with Crippen LogP contribution in [0.4, 0.5) is 0 Å². The van der Waals surface area contributed by atoms with Crippen molar-refractivity contribution in [2.24, 2.45) is 0 Å². The highest BCUT2D eigenvalue weighted by atomic mass is 35.5. The van der Waals surface area contributed by atoms with E-state index in [0.717, 1.165) is 10.5 Å². The standard InChI is InChI=1S/C13H10Cl2O2S3/c14-8-1-2-12(10(15)7-8)19-11-4-6-20(16,17)13-9(11)3-5-18-13/h1-3,5,7,11H,4,6H2/t11-/m0/s1. The van der Waals surface area contributed by atoms with Gasteiger partial charge in [-0.2, -0.15) is 0 Å². The van der Waals surface area contributed by atoms with Crippen LogP contribution in [-0.2, 0) is 9.84 Å². The molecule has 7 heteroatoms. The van der Waals surface area contributed by atoms with Crippen molar-refractivity contribution in [2.75, 3.05) is 5.75 Å². The van der Waals surface area contributed by atoms with Crippen LogP contribution in [0, 0.1) is 0 Å². The third-order valence-electron chi connectivity index (χ3n) is 3.10. The van der Waals surface area contributed by atoms with Crippen molar-refractivity contribution in [1.82, 2.24) is 0 Å². The summed E-state index contributed by atoms with van der Waals surface area (Å²) in [5.74, 6) is 0.198. The quantitative estimate of drug-likeness (QED) is 0.746. The molecule has 0 spiro atoms. The maximum absolute atomic E-state index is 12.0. The Balaban J connectivity index is 1.94. The molecule has 1 atom stereocenters. The molecular formula is C13H10Cl2O2S3. The number of thioether (sulfide) groups is 1. The molecule has 3 rings (SSSR count). The van der Waals surface area contributed by atoms with Crippen LogP contribution in [0.3, 0.4) is 0 Å². The lowest BCUT2D eigenvalue weighted by Crippen LogP contribution is -2.16. The molecule has 0 aliphatic carbocycles. The van der Waals surface area contributed by atoms with E-state index < -0.39 is 9.84 Å². The first-order valence-corrected chi connectivity index (χ1v) is 10.1. The highest BCUT2D eigenvalue weighted by Gasteiger charge is 2.32. The third kappa shape index (κ3) is 2.74. The second-order valence-electron chi connectivity index (χ2n) is 4.45. The lowest BCUT2D eigenvalue weighted by molar-refractivity contribution is 0.588. The lowest BCUT2D eigenvalue weighted by atomic mass is 10.2. The van der Waals surface area contributed by atoms with Gasteiger partial charge in [0, 0.05) is 15.2 Å². The van der Waals surface area contributed by atoms with Gasteiger partial charge in [-0.1, -0.05) is 23.2 Å². The molecule has 1 aromatic carbocycles. The molecule has 0 unspecified atom stereocenters. The summed E-state index contributed by atoms with van der Waals surface area (Å²) in [6.07, 6.45) is 0.607. The molecule has 1 aliphatic rings. The van der Waals surface area contributed by atoms with Crippen LogP contribution in [0.5, 0.6) is 0 Å². The van der Waals surface area contributed by atoms with Gasteiger partial charge in [0.1, 0.15) is 4.21 Å². The SMILES string of the molecule is O=S1(=O)CC[C@H](Sc2ccc(Cl)cc2Cl)c2ccsc21. The average molecular weight is 365 g/mol. The second-order valence-corrected chi connectivity index (χ2v) is 9.76. The molecule has 1 aliphatic heterocycles. The van der Waals surface area contributed by atoms with Crippen molar-refractivity contribution >= 4 is 56.1 Å². The summed E-state index contributed by atoms with van der Waals surface area (Å²) >= 11 is 15.0. The van der Waals surface area contributed by atoms with E-state index in [1.165, 1.54) is 11.3 Å². The first-order valence-electron chi connectivity index (χ1n) is 5.89. The number of rotatable bonds is 2. The molecule has 1 aromatic heterocycles. The molecule has 2 aromatic rings. The van der Waals surface area contributed by atoms with Gasteiger partial charge in [0.2, 0.25) is 0 Å². The summed E-state index contributed by atoms with van der Waals surface area (Å²) in [5, 5.41) is 3.16. The third-order valence-corrected chi connectivity index (χ3v) is 8.49. The van der Waals surface area contributed by atoms with E-state index >= 15 is 0 Å². The number of fused-ring (bicyclic) bond motifs is 1. The molecule has 0 N–H and O–H groups in total. The minimum atomic E-state index is -3.09. The Morgan fingerprint density at radius 2 is 2.05 bits per heavy atom. The monoisotopic (exact) mass is 364 g/mol. The van der Waals surface area contributed by atoms with Gasteiger partial charge in [-0.15, -0.1) is 23.1 Å². The Kier molecular flexibility index (Phi) is 4.08. The van der Waals surface area contributed by atoms with Crippen molar-refractivity contribution in [3.05, 3.63) is 45.3 Å². The van der Waals surface area contributed by atoms with E-state index in [2.05, 4.69) is 0 Å². The smallest absolute Gasteiger partial charge is 0.188 e. The Bertz CT molecular complexity index is 753.